The molecule has 1 radical (unpaired) electrons. The van der Waals surface area contributed by atoms with Crippen molar-refractivity contribution in [2.75, 3.05) is 0 Å². The van der Waals surface area contributed by atoms with Gasteiger partial charge in [-0.25, -0.2) is 0 Å². The fourth-order valence-electron chi connectivity index (χ4n) is 1.56. The molecule has 0 N–H and O–H groups in total. The molecule has 2 nitrogen and oxygen atoms in total. The second kappa shape index (κ2) is 5.12. The Balaban J connectivity index is 0.00000128. The Morgan fingerprint density at radius 3 is 2.38 bits per heavy atom. The van der Waals surface area contributed by atoms with Gasteiger partial charge in [-0.1, -0.05) is 45.5 Å². The molecule has 0 bridgehead atoms. The maximum atomic E-state index is 4.56. The molecule has 2 aromatic heterocycles. The van der Waals surface area contributed by atoms with Crippen molar-refractivity contribution in [1.29, 1.82) is 0 Å². The summed E-state index contributed by atoms with van der Waals surface area (Å²) in [5.41, 5.74) is 3.41. The Kier molecular flexibility index (Phi) is 4.29. The summed E-state index contributed by atoms with van der Waals surface area (Å²) in [6.45, 7) is 8.67. The van der Waals surface area contributed by atoms with Gasteiger partial charge in [-0.15, -0.1) is 11.6 Å². The molecule has 0 aromatic carbocycles. The molecule has 0 aliphatic rings. The van der Waals surface area contributed by atoms with Gasteiger partial charge in [-0.3, -0.25) is 0 Å². The second-order valence-corrected chi connectivity index (χ2v) is 4.61. The minimum atomic E-state index is 0. The molecule has 87 valence electrons. The number of hydrogen-bond acceptors (Lipinski definition) is 1. The van der Waals surface area contributed by atoms with Gasteiger partial charge in [0.2, 0.25) is 0 Å². The van der Waals surface area contributed by atoms with Crippen molar-refractivity contribution in [3.8, 4) is 0 Å². The van der Waals surface area contributed by atoms with Gasteiger partial charge in [0.25, 0.3) is 0 Å². The average Bonchev–Trinajstić information content (AvgIpc) is 2.59. The van der Waals surface area contributed by atoms with Crippen LogP contribution in [0.1, 0.15) is 50.8 Å². The molecule has 2 heterocycles. The molecule has 0 atom stereocenters. The summed E-state index contributed by atoms with van der Waals surface area (Å²) in [7, 11) is 0. The maximum Gasteiger partial charge on any atom is 0.0507 e. The zero-order chi connectivity index (χ0) is 11.0. The van der Waals surface area contributed by atoms with E-state index >= 15 is 0 Å². The quantitative estimate of drug-likeness (QED) is 0.722. The van der Waals surface area contributed by atoms with Gasteiger partial charge in [0.15, 0.2) is 0 Å². The van der Waals surface area contributed by atoms with E-state index in [9.17, 15) is 0 Å². The molecule has 2 rings (SSSR count). The fourth-order valence-corrected chi connectivity index (χ4v) is 1.56. The number of hydrogen-bond donors (Lipinski definition) is 0. The molecule has 0 amide bonds. The largest absolute Gasteiger partial charge is 0.317 e. The van der Waals surface area contributed by atoms with Crippen LogP contribution in [0.4, 0.5) is 0 Å². The molecule has 16 heavy (non-hydrogen) atoms. The zero-order valence-corrected chi connectivity index (χ0v) is 12.9. The van der Waals surface area contributed by atoms with E-state index in [1.165, 1.54) is 5.56 Å². The minimum absolute atomic E-state index is 0. The molecule has 0 unspecified atom stereocenters. The Morgan fingerprint density at radius 1 is 1.12 bits per heavy atom. The SMILES string of the molecule is CC(C)c1[c-]c2ccc(C(C)C)nn2c1.[Re]. The van der Waals surface area contributed by atoms with E-state index in [4.69, 9.17) is 0 Å². The molecule has 0 aliphatic heterocycles. The Labute approximate surface area is 111 Å². The van der Waals surface area contributed by atoms with Gasteiger partial charge >= 0.3 is 0 Å². The maximum absolute atomic E-state index is 4.56. The van der Waals surface area contributed by atoms with E-state index in [0.29, 0.717) is 11.8 Å². The zero-order valence-electron chi connectivity index (χ0n) is 10.2. The monoisotopic (exact) mass is 388 g/mol. The first kappa shape index (κ1) is 13.4. The van der Waals surface area contributed by atoms with Crippen LogP contribution < -0.4 is 0 Å². The van der Waals surface area contributed by atoms with Crippen molar-refractivity contribution in [1.82, 2.24) is 9.61 Å². The molecular weight excluding hydrogens is 370 g/mol. The van der Waals surface area contributed by atoms with Crippen molar-refractivity contribution in [3.63, 3.8) is 0 Å². The summed E-state index contributed by atoms with van der Waals surface area (Å²) >= 11 is 0. The van der Waals surface area contributed by atoms with Crippen LogP contribution in [0.2, 0.25) is 0 Å². The predicted octanol–water partition coefficient (Wildman–Crippen LogP) is 3.38. The molecule has 0 spiro atoms. The third-order valence-electron chi connectivity index (χ3n) is 2.63. The molecule has 2 aromatic rings. The summed E-state index contributed by atoms with van der Waals surface area (Å²) < 4.78 is 1.94. The van der Waals surface area contributed by atoms with Crippen molar-refractivity contribution in [2.24, 2.45) is 0 Å². The molecule has 0 saturated carbocycles. The Morgan fingerprint density at radius 2 is 1.81 bits per heavy atom. The van der Waals surface area contributed by atoms with Crippen LogP contribution in [0, 0.1) is 6.07 Å². The van der Waals surface area contributed by atoms with E-state index in [0.717, 1.165) is 11.2 Å². The van der Waals surface area contributed by atoms with Crippen LogP contribution in [0.15, 0.2) is 18.3 Å². The van der Waals surface area contributed by atoms with Crippen molar-refractivity contribution in [2.45, 2.75) is 39.5 Å². The fraction of sp³-hybridized carbons (Fsp3) is 0.462. The van der Waals surface area contributed by atoms with Crippen LogP contribution >= 0.6 is 0 Å². The van der Waals surface area contributed by atoms with Crippen LogP contribution in [-0.4, -0.2) is 9.61 Å². The van der Waals surface area contributed by atoms with Crippen LogP contribution in [-0.2, 0) is 20.4 Å². The van der Waals surface area contributed by atoms with Gasteiger partial charge in [0.05, 0.1) is 5.69 Å². The third-order valence-corrected chi connectivity index (χ3v) is 2.63. The molecule has 3 heteroatoms. The summed E-state index contributed by atoms with van der Waals surface area (Å²) in [4.78, 5) is 0. The van der Waals surface area contributed by atoms with Gasteiger partial charge in [0.1, 0.15) is 0 Å². The van der Waals surface area contributed by atoms with E-state index < -0.39 is 0 Å². The first-order chi connectivity index (χ1) is 7.08. The van der Waals surface area contributed by atoms with Gasteiger partial charge < -0.3 is 4.52 Å². The smallest absolute Gasteiger partial charge is 0.0507 e. The molecule has 0 fully saturated rings. The van der Waals surface area contributed by atoms with E-state index in [1.807, 2.05) is 4.52 Å². The van der Waals surface area contributed by atoms with Crippen molar-refractivity contribution < 1.29 is 20.4 Å². The normalized spacial score (nSPS) is 11.1. The summed E-state index contributed by atoms with van der Waals surface area (Å²) in [5.74, 6) is 0.980. The van der Waals surface area contributed by atoms with E-state index in [2.05, 4.69) is 57.2 Å². The van der Waals surface area contributed by atoms with Gasteiger partial charge in [-0.2, -0.15) is 11.2 Å². The number of nitrogens with zero attached hydrogens (tertiary/aromatic N) is 2. The van der Waals surface area contributed by atoms with E-state index in [1.54, 1.807) is 0 Å². The average molecular weight is 388 g/mol. The number of aromatic nitrogens is 2. The third kappa shape index (κ3) is 2.53. The summed E-state index contributed by atoms with van der Waals surface area (Å²) in [6, 6.07) is 7.54. The van der Waals surface area contributed by atoms with E-state index in [-0.39, 0.29) is 20.4 Å². The topological polar surface area (TPSA) is 17.3 Å². The first-order valence-corrected chi connectivity index (χ1v) is 5.49. The van der Waals surface area contributed by atoms with Crippen molar-refractivity contribution >= 4 is 5.52 Å². The standard InChI is InChI=1S/C13H17N2.Re/c1-9(2)11-7-12-5-6-13(10(3)4)14-15(12)8-11;/h5-6,8-10H,1-4H3;/q-1;. The van der Waals surface area contributed by atoms with Crippen LogP contribution in [0.25, 0.3) is 5.52 Å². The summed E-state index contributed by atoms with van der Waals surface area (Å²) in [6.07, 6.45) is 2.08. The predicted molar refractivity (Wildman–Crippen MR) is 62.2 cm³/mol. The van der Waals surface area contributed by atoms with Crippen molar-refractivity contribution in [3.05, 3.63) is 35.7 Å². The summed E-state index contributed by atoms with van der Waals surface area (Å²) in [5, 5.41) is 4.56. The molecule has 0 aliphatic carbocycles. The minimum Gasteiger partial charge on any atom is -0.317 e. The number of rotatable bonds is 2. The van der Waals surface area contributed by atoms with Gasteiger partial charge in [0, 0.05) is 20.4 Å². The Bertz CT molecular complexity index is 466. The van der Waals surface area contributed by atoms with Crippen LogP contribution in [0.5, 0.6) is 0 Å². The Hall–Kier alpha value is -0.648. The second-order valence-electron chi connectivity index (χ2n) is 4.61. The molecule has 0 saturated heterocycles. The first-order valence-electron chi connectivity index (χ1n) is 5.49. The van der Waals surface area contributed by atoms with Crippen LogP contribution in [0.3, 0.4) is 0 Å². The number of fused-ring (bicyclic) bond motifs is 1. The van der Waals surface area contributed by atoms with Gasteiger partial charge in [-0.05, 0) is 11.8 Å². The molecular formula is C13H17N2Re-.